The quantitative estimate of drug-likeness (QED) is 0.746. The number of carbonyl (C=O) groups excluding carboxylic acids is 1. The molecule has 92 valence electrons. The van der Waals surface area contributed by atoms with E-state index in [0.29, 0.717) is 19.1 Å². The standard InChI is InChI=1S/C11H20N2O3/c1-12-4-2-3-9(5-12)6-13-10(7-14)8-16-11(13)15/h9-10,14H,2-8H2,1H3. The summed E-state index contributed by atoms with van der Waals surface area (Å²) < 4.78 is 4.95. The lowest BCUT2D eigenvalue weighted by Gasteiger charge is -2.32. The number of carbonyl (C=O) groups is 1. The molecular weight excluding hydrogens is 208 g/mol. The van der Waals surface area contributed by atoms with Crippen LogP contribution in [0.3, 0.4) is 0 Å². The molecule has 5 nitrogen and oxygen atoms in total. The zero-order valence-electron chi connectivity index (χ0n) is 9.76. The van der Waals surface area contributed by atoms with Gasteiger partial charge in [-0.3, -0.25) is 4.90 Å². The van der Waals surface area contributed by atoms with Crippen LogP contribution in [0.25, 0.3) is 0 Å². The molecule has 0 bridgehead atoms. The van der Waals surface area contributed by atoms with Crippen molar-refractivity contribution in [3.63, 3.8) is 0 Å². The number of likely N-dealkylation sites (tertiary alicyclic amines) is 1. The van der Waals surface area contributed by atoms with Gasteiger partial charge in [0.25, 0.3) is 0 Å². The summed E-state index contributed by atoms with van der Waals surface area (Å²) in [7, 11) is 2.11. The van der Waals surface area contributed by atoms with Crippen LogP contribution in [0.15, 0.2) is 0 Å². The molecule has 0 radical (unpaired) electrons. The Labute approximate surface area is 96.0 Å². The van der Waals surface area contributed by atoms with Gasteiger partial charge in [-0.05, 0) is 32.4 Å². The molecular formula is C11H20N2O3. The largest absolute Gasteiger partial charge is 0.447 e. The van der Waals surface area contributed by atoms with Crippen molar-refractivity contribution in [2.24, 2.45) is 5.92 Å². The van der Waals surface area contributed by atoms with Crippen molar-refractivity contribution in [1.82, 2.24) is 9.80 Å². The number of nitrogens with zero attached hydrogens (tertiary/aromatic N) is 2. The molecule has 0 aromatic carbocycles. The normalized spacial score (nSPS) is 31.9. The highest BCUT2D eigenvalue weighted by molar-refractivity contribution is 5.70. The molecule has 1 amide bonds. The zero-order chi connectivity index (χ0) is 11.5. The maximum absolute atomic E-state index is 11.5. The van der Waals surface area contributed by atoms with Crippen molar-refractivity contribution in [3.05, 3.63) is 0 Å². The SMILES string of the molecule is CN1CCCC(CN2C(=O)OCC2CO)C1. The van der Waals surface area contributed by atoms with Crippen LogP contribution in [0.4, 0.5) is 4.79 Å². The predicted molar refractivity (Wildman–Crippen MR) is 59.1 cm³/mol. The lowest BCUT2D eigenvalue weighted by molar-refractivity contribution is 0.123. The van der Waals surface area contributed by atoms with Gasteiger partial charge < -0.3 is 14.7 Å². The molecule has 2 atom stereocenters. The van der Waals surface area contributed by atoms with E-state index in [4.69, 9.17) is 9.84 Å². The summed E-state index contributed by atoms with van der Waals surface area (Å²) in [5.74, 6) is 0.512. The summed E-state index contributed by atoms with van der Waals surface area (Å²) in [6, 6.07) is -0.139. The maximum atomic E-state index is 11.5. The molecule has 2 saturated heterocycles. The second-order valence-corrected chi connectivity index (χ2v) is 4.84. The number of ether oxygens (including phenoxy) is 1. The fourth-order valence-corrected chi connectivity index (χ4v) is 2.56. The van der Waals surface area contributed by atoms with Crippen molar-refractivity contribution in [2.75, 3.05) is 39.9 Å². The van der Waals surface area contributed by atoms with Crippen LogP contribution < -0.4 is 0 Å². The molecule has 0 aromatic rings. The van der Waals surface area contributed by atoms with E-state index >= 15 is 0 Å². The van der Waals surface area contributed by atoms with Gasteiger partial charge in [0, 0.05) is 13.1 Å². The van der Waals surface area contributed by atoms with Gasteiger partial charge in [0.2, 0.25) is 0 Å². The summed E-state index contributed by atoms with van der Waals surface area (Å²) >= 11 is 0. The summed E-state index contributed by atoms with van der Waals surface area (Å²) in [6.07, 6.45) is 2.08. The average molecular weight is 228 g/mol. The first-order valence-corrected chi connectivity index (χ1v) is 5.93. The summed E-state index contributed by atoms with van der Waals surface area (Å²) in [4.78, 5) is 15.5. The molecule has 2 fully saturated rings. The van der Waals surface area contributed by atoms with Gasteiger partial charge in [-0.15, -0.1) is 0 Å². The Morgan fingerprint density at radius 1 is 1.56 bits per heavy atom. The molecule has 2 rings (SSSR count). The van der Waals surface area contributed by atoms with E-state index in [1.54, 1.807) is 4.90 Å². The summed E-state index contributed by atoms with van der Waals surface area (Å²) in [5, 5.41) is 9.15. The van der Waals surface area contributed by atoms with Gasteiger partial charge in [-0.1, -0.05) is 0 Å². The molecule has 5 heteroatoms. The smallest absolute Gasteiger partial charge is 0.410 e. The van der Waals surface area contributed by atoms with E-state index in [2.05, 4.69) is 11.9 Å². The Morgan fingerprint density at radius 3 is 3.06 bits per heavy atom. The second kappa shape index (κ2) is 5.01. The van der Waals surface area contributed by atoms with Gasteiger partial charge in [-0.2, -0.15) is 0 Å². The minimum atomic E-state index is -0.271. The number of hydrogen-bond donors (Lipinski definition) is 1. The fraction of sp³-hybridized carbons (Fsp3) is 0.909. The molecule has 16 heavy (non-hydrogen) atoms. The van der Waals surface area contributed by atoms with Crippen LogP contribution in [-0.4, -0.2) is 66.9 Å². The Balaban J connectivity index is 1.89. The van der Waals surface area contributed by atoms with Crippen LogP contribution in [0, 0.1) is 5.92 Å². The molecule has 1 N–H and O–H groups in total. The van der Waals surface area contributed by atoms with Crippen molar-refractivity contribution in [1.29, 1.82) is 0 Å². The third kappa shape index (κ3) is 2.47. The van der Waals surface area contributed by atoms with Gasteiger partial charge in [0.05, 0.1) is 12.6 Å². The Kier molecular flexibility index (Phi) is 3.66. The van der Waals surface area contributed by atoms with Gasteiger partial charge >= 0.3 is 6.09 Å². The van der Waals surface area contributed by atoms with Crippen molar-refractivity contribution in [3.8, 4) is 0 Å². The third-order valence-electron chi connectivity index (χ3n) is 3.46. The van der Waals surface area contributed by atoms with Gasteiger partial charge in [-0.25, -0.2) is 4.79 Å². The van der Waals surface area contributed by atoms with Crippen molar-refractivity contribution < 1.29 is 14.6 Å². The molecule has 2 heterocycles. The number of aliphatic hydroxyl groups excluding tert-OH is 1. The second-order valence-electron chi connectivity index (χ2n) is 4.84. The maximum Gasteiger partial charge on any atom is 0.410 e. The highest BCUT2D eigenvalue weighted by atomic mass is 16.6. The first-order chi connectivity index (χ1) is 7.70. The monoisotopic (exact) mass is 228 g/mol. The molecule has 2 unspecified atom stereocenters. The van der Waals surface area contributed by atoms with Crippen LogP contribution in [0.2, 0.25) is 0 Å². The molecule has 0 spiro atoms. The van der Waals surface area contributed by atoms with E-state index in [1.807, 2.05) is 0 Å². The Bertz CT molecular complexity index is 260. The first kappa shape index (κ1) is 11.7. The molecule has 0 saturated carbocycles. The van der Waals surface area contributed by atoms with Crippen molar-refractivity contribution >= 4 is 6.09 Å². The number of amides is 1. The van der Waals surface area contributed by atoms with Crippen LogP contribution in [-0.2, 0) is 4.74 Å². The third-order valence-corrected chi connectivity index (χ3v) is 3.46. The van der Waals surface area contributed by atoms with Crippen molar-refractivity contribution in [2.45, 2.75) is 18.9 Å². The number of piperidine rings is 1. The van der Waals surface area contributed by atoms with E-state index in [9.17, 15) is 4.79 Å². The van der Waals surface area contributed by atoms with Crippen LogP contribution >= 0.6 is 0 Å². The number of cyclic esters (lactones) is 1. The molecule has 2 aliphatic rings. The fourth-order valence-electron chi connectivity index (χ4n) is 2.56. The summed E-state index contributed by atoms with van der Waals surface area (Å²) in [5.41, 5.74) is 0. The van der Waals surface area contributed by atoms with Gasteiger partial charge in [0.1, 0.15) is 6.61 Å². The molecule has 2 aliphatic heterocycles. The van der Waals surface area contributed by atoms with E-state index < -0.39 is 0 Å². The number of aliphatic hydroxyl groups is 1. The highest BCUT2D eigenvalue weighted by Crippen LogP contribution is 2.20. The molecule has 0 aromatic heterocycles. The first-order valence-electron chi connectivity index (χ1n) is 5.93. The lowest BCUT2D eigenvalue weighted by Crippen LogP contribution is -2.43. The molecule has 0 aliphatic carbocycles. The predicted octanol–water partition coefficient (Wildman–Crippen LogP) is 0.141. The minimum Gasteiger partial charge on any atom is -0.447 e. The van der Waals surface area contributed by atoms with E-state index in [1.165, 1.54) is 6.42 Å². The van der Waals surface area contributed by atoms with E-state index in [-0.39, 0.29) is 18.7 Å². The Morgan fingerprint density at radius 2 is 2.38 bits per heavy atom. The van der Waals surface area contributed by atoms with Crippen LogP contribution in [0.1, 0.15) is 12.8 Å². The van der Waals surface area contributed by atoms with Crippen LogP contribution in [0.5, 0.6) is 0 Å². The van der Waals surface area contributed by atoms with E-state index in [0.717, 1.165) is 19.5 Å². The minimum absolute atomic E-state index is 0.00566. The van der Waals surface area contributed by atoms with Gasteiger partial charge in [0.15, 0.2) is 0 Å². The zero-order valence-corrected chi connectivity index (χ0v) is 9.76. The number of hydrogen-bond acceptors (Lipinski definition) is 4. The summed E-state index contributed by atoms with van der Waals surface area (Å²) in [6.45, 7) is 3.22. The lowest BCUT2D eigenvalue weighted by atomic mass is 9.97. The highest BCUT2D eigenvalue weighted by Gasteiger charge is 2.34. The average Bonchev–Trinajstić information content (AvgIpc) is 2.60. The number of rotatable bonds is 3. The Hall–Kier alpha value is -0.810. The topological polar surface area (TPSA) is 53.0 Å².